The maximum Gasteiger partial charge on any atom is 0.0952 e. The average molecular weight is 319 g/mol. The Hall–Kier alpha value is -0.900. The first kappa shape index (κ1) is 18.4. The van der Waals surface area contributed by atoms with E-state index in [-0.39, 0.29) is 5.66 Å². The summed E-state index contributed by atoms with van der Waals surface area (Å²) < 4.78 is 0. The molecule has 130 valence electrons. The number of hydrogen-bond donors (Lipinski definition) is 1. The predicted molar refractivity (Wildman–Crippen MR) is 96.8 cm³/mol. The summed E-state index contributed by atoms with van der Waals surface area (Å²) in [4.78, 5) is 5.71. The van der Waals surface area contributed by atoms with Crippen LogP contribution >= 0.6 is 0 Å². The lowest BCUT2D eigenvalue weighted by Gasteiger charge is -2.31. The minimum atomic E-state index is -0.294. The van der Waals surface area contributed by atoms with Crippen LogP contribution in [0.4, 0.5) is 0 Å². The molecular formula is C20H34N2O. The zero-order valence-electron chi connectivity index (χ0n) is 15.0. The number of hydrogen-bond acceptors (Lipinski definition) is 3. The van der Waals surface area contributed by atoms with Crippen molar-refractivity contribution in [1.82, 2.24) is 5.06 Å². The predicted octanol–water partition coefficient (Wildman–Crippen LogP) is 4.79. The molecule has 0 radical (unpaired) electrons. The topological polar surface area (TPSA) is 38.5 Å². The molecule has 1 aromatic carbocycles. The van der Waals surface area contributed by atoms with Crippen molar-refractivity contribution in [2.24, 2.45) is 5.73 Å². The van der Waals surface area contributed by atoms with Crippen LogP contribution in [0.1, 0.15) is 76.3 Å². The highest BCUT2D eigenvalue weighted by Gasteiger charge is 2.36. The molecule has 0 amide bonds. The second kappa shape index (κ2) is 9.41. The first-order chi connectivity index (χ1) is 11.2. The number of rotatable bonds is 10. The SMILES string of the molecule is CCCCCCCCc1ccc(CN2OCCC2(N)CC)cc1. The number of benzene rings is 1. The third kappa shape index (κ3) is 5.59. The highest BCUT2D eigenvalue weighted by molar-refractivity contribution is 5.22. The Kier molecular flexibility index (Phi) is 7.54. The average Bonchev–Trinajstić information content (AvgIpc) is 2.94. The van der Waals surface area contributed by atoms with Crippen LogP contribution in [0.5, 0.6) is 0 Å². The largest absolute Gasteiger partial charge is 0.311 e. The molecular weight excluding hydrogens is 284 g/mol. The molecule has 0 bridgehead atoms. The molecule has 2 rings (SSSR count). The molecule has 1 heterocycles. The summed E-state index contributed by atoms with van der Waals surface area (Å²) in [6.45, 7) is 5.91. The molecule has 1 aliphatic heterocycles. The van der Waals surface area contributed by atoms with E-state index in [1.165, 1.54) is 56.1 Å². The van der Waals surface area contributed by atoms with Gasteiger partial charge in [0.2, 0.25) is 0 Å². The summed E-state index contributed by atoms with van der Waals surface area (Å²) >= 11 is 0. The lowest BCUT2D eigenvalue weighted by molar-refractivity contribution is -0.171. The fourth-order valence-electron chi connectivity index (χ4n) is 3.23. The molecule has 1 fully saturated rings. The van der Waals surface area contributed by atoms with Crippen LogP contribution in [-0.2, 0) is 17.8 Å². The van der Waals surface area contributed by atoms with E-state index in [1.807, 2.05) is 5.06 Å². The van der Waals surface area contributed by atoms with E-state index in [1.54, 1.807) is 0 Å². The molecule has 3 nitrogen and oxygen atoms in total. The highest BCUT2D eigenvalue weighted by atomic mass is 16.7. The molecule has 1 unspecified atom stereocenters. The van der Waals surface area contributed by atoms with Crippen LogP contribution in [0.25, 0.3) is 0 Å². The van der Waals surface area contributed by atoms with Crippen molar-refractivity contribution >= 4 is 0 Å². The Morgan fingerprint density at radius 1 is 1.00 bits per heavy atom. The van der Waals surface area contributed by atoms with Gasteiger partial charge in [0.25, 0.3) is 0 Å². The maximum atomic E-state index is 6.40. The molecule has 1 atom stereocenters. The summed E-state index contributed by atoms with van der Waals surface area (Å²) in [5.74, 6) is 0. The molecule has 1 aromatic rings. The zero-order valence-corrected chi connectivity index (χ0v) is 15.0. The third-order valence-corrected chi connectivity index (χ3v) is 5.06. The van der Waals surface area contributed by atoms with E-state index in [2.05, 4.69) is 38.1 Å². The van der Waals surface area contributed by atoms with Crippen molar-refractivity contribution in [1.29, 1.82) is 0 Å². The standard InChI is InChI=1S/C20H34N2O/c1-3-5-6-7-8-9-10-18-11-13-19(14-12-18)17-22-20(21,4-2)15-16-23-22/h11-14H,3-10,15-17,21H2,1-2H3. The fourth-order valence-corrected chi connectivity index (χ4v) is 3.23. The minimum Gasteiger partial charge on any atom is -0.311 e. The number of aryl methyl sites for hydroxylation is 1. The Morgan fingerprint density at radius 2 is 1.65 bits per heavy atom. The van der Waals surface area contributed by atoms with Crippen LogP contribution in [0.2, 0.25) is 0 Å². The van der Waals surface area contributed by atoms with Crippen molar-refractivity contribution in [3.8, 4) is 0 Å². The van der Waals surface area contributed by atoms with Crippen LogP contribution < -0.4 is 5.73 Å². The number of unbranched alkanes of at least 4 members (excludes halogenated alkanes) is 5. The van der Waals surface area contributed by atoms with Crippen molar-refractivity contribution in [2.45, 2.75) is 83.8 Å². The van der Waals surface area contributed by atoms with Gasteiger partial charge in [-0.25, -0.2) is 0 Å². The summed E-state index contributed by atoms with van der Waals surface area (Å²) in [5, 5.41) is 1.97. The molecule has 0 aromatic heterocycles. The molecule has 1 aliphatic rings. The van der Waals surface area contributed by atoms with Gasteiger partial charge in [-0.05, 0) is 30.4 Å². The van der Waals surface area contributed by atoms with Gasteiger partial charge in [-0.15, -0.1) is 0 Å². The Bertz CT molecular complexity index is 445. The molecule has 0 spiro atoms. The lowest BCUT2D eigenvalue weighted by atomic mass is 10.0. The van der Waals surface area contributed by atoms with Gasteiger partial charge in [0, 0.05) is 6.42 Å². The van der Waals surface area contributed by atoms with Gasteiger partial charge < -0.3 is 5.73 Å². The summed E-state index contributed by atoms with van der Waals surface area (Å²) in [6.07, 6.45) is 11.2. The second-order valence-corrected chi connectivity index (χ2v) is 6.91. The Balaban J connectivity index is 1.74. The monoisotopic (exact) mass is 318 g/mol. The normalized spacial score (nSPS) is 21.9. The van der Waals surface area contributed by atoms with E-state index >= 15 is 0 Å². The molecule has 2 N–H and O–H groups in total. The summed E-state index contributed by atoms with van der Waals surface area (Å²) in [7, 11) is 0. The van der Waals surface area contributed by atoms with Crippen LogP contribution in [0, 0.1) is 0 Å². The number of hydroxylamine groups is 2. The van der Waals surface area contributed by atoms with Gasteiger partial charge in [-0.3, -0.25) is 4.84 Å². The van der Waals surface area contributed by atoms with Crippen LogP contribution in [0.15, 0.2) is 24.3 Å². The fraction of sp³-hybridized carbons (Fsp3) is 0.700. The number of nitrogens with zero attached hydrogens (tertiary/aromatic N) is 1. The molecule has 0 aliphatic carbocycles. The molecule has 23 heavy (non-hydrogen) atoms. The summed E-state index contributed by atoms with van der Waals surface area (Å²) in [5.41, 5.74) is 8.83. The Labute approximate surface area is 142 Å². The van der Waals surface area contributed by atoms with Crippen molar-refractivity contribution < 1.29 is 4.84 Å². The molecule has 3 heteroatoms. The highest BCUT2D eigenvalue weighted by Crippen LogP contribution is 2.27. The van der Waals surface area contributed by atoms with Crippen molar-refractivity contribution in [3.63, 3.8) is 0 Å². The van der Waals surface area contributed by atoms with Crippen LogP contribution in [0.3, 0.4) is 0 Å². The number of nitrogens with two attached hydrogens (primary N) is 1. The smallest absolute Gasteiger partial charge is 0.0952 e. The Morgan fingerprint density at radius 3 is 2.35 bits per heavy atom. The van der Waals surface area contributed by atoms with Crippen LogP contribution in [-0.4, -0.2) is 17.3 Å². The zero-order chi connectivity index (χ0) is 16.5. The lowest BCUT2D eigenvalue weighted by Crippen LogP contribution is -2.50. The van der Waals surface area contributed by atoms with Gasteiger partial charge in [0.1, 0.15) is 0 Å². The maximum absolute atomic E-state index is 6.40. The van der Waals surface area contributed by atoms with Crippen molar-refractivity contribution in [2.75, 3.05) is 6.61 Å². The van der Waals surface area contributed by atoms with E-state index in [9.17, 15) is 0 Å². The minimum absolute atomic E-state index is 0.294. The van der Waals surface area contributed by atoms with Gasteiger partial charge in [-0.2, -0.15) is 5.06 Å². The second-order valence-electron chi connectivity index (χ2n) is 6.91. The molecule has 1 saturated heterocycles. The van der Waals surface area contributed by atoms with E-state index in [4.69, 9.17) is 10.6 Å². The van der Waals surface area contributed by atoms with Crippen molar-refractivity contribution in [3.05, 3.63) is 35.4 Å². The first-order valence-corrected chi connectivity index (χ1v) is 9.45. The first-order valence-electron chi connectivity index (χ1n) is 9.45. The van der Waals surface area contributed by atoms with E-state index in [0.29, 0.717) is 0 Å². The van der Waals surface area contributed by atoms with Gasteiger partial charge in [0.05, 0.1) is 18.8 Å². The van der Waals surface area contributed by atoms with Gasteiger partial charge in [-0.1, -0.05) is 70.2 Å². The van der Waals surface area contributed by atoms with E-state index in [0.717, 1.165) is 26.0 Å². The van der Waals surface area contributed by atoms with Gasteiger partial charge >= 0.3 is 0 Å². The summed E-state index contributed by atoms with van der Waals surface area (Å²) in [6, 6.07) is 8.98. The van der Waals surface area contributed by atoms with E-state index < -0.39 is 0 Å². The quantitative estimate of drug-likeness (QED) is 0.630. The molecule has 0 saturated carbocycles. The third-order valence-electron chi connectivity index (χ3n) is 5.06. The van der Waals surface area contributed by atoms with Gasteiger partial charge in [0.15, 0.2) is 0 Å².